The van der Waals surface area contributed by atoms with Crippen LogP contribution in [0.5, 0.6) is 0 Å². The molecule has 0 bridgehead atoms. The molecule has 0 fully saturated rings. The molecule has 0 atom stereocenters. The van der Waals surface area contributed by atoms with Gasteiger partial charge in [-0.3, -0.25) is 4.79 Å². The van der Waals surface area contributed by atoms with Gasteiger partial charge in [0.2, 0.25) is 0 Å². The van der Waals surface area contributed by atoms with E-state index in [9.17, 15) is 13.2 Å². The Morgan fingerprint density at radius 2 is 2.00 bits per heavy atom. The number of nitrogens with one attached hydrogen (secondary N) is 1. The Morgan fingerprint density at radius 1 is 1.44 bits per heavy atom. The lowest BCUT2D eigenvalue weighted by Crippen LogP contribution is -2.43. The number of sulfone groups is 1. The van der Waals surface area contributed by atoms with Crippen LogP contribution in [0.25, 0.3) is 0 Å². The van der Waals surface area contributed by atoms with Crippen molar-refractivity contribution in [2.45, 2.75) is 18.6 Å². The van der Waals surface area contributed by atoms with E-state index in [4.69, 9.17) is 0 Å². The molecular formula is C10H13Br2NO3S2. The third kappa shape index (κ3) is 3.79. The van der Waals surface area contributed by atoms with Gasteiger partial charge in [0.1, 0.15) is 0 Å². The molecule has 4 nitrogen and oxygen atoms in total. The molecule has 1 aromatic rings. The maximum Gasteiger partial charge on any atom is 0.261 e. The van der Waals surface area contributed by atoms with Crippen LogP contribution in [0.1, 0.15) is 23.5 Å². The number of hydrogen-bond acceptors (Lipinski definition) is 4. The zero-order chi connectivity index (χ0) is 14.1. The van der Waals surface area contributed by atoms with Gasteiger partial charge in [0.25, 0.3) is 5.91 Å². The van der Waals surface area contributed by atoms with Crippen molar-refractivity contribution in [2.24, 2.45) is 0 Å². The highest BCUT2D eigenvalue weighted by molar-refractivity contribution is 9.13. The molecule has 0 spiro atoms. The van der Waals surface area contributed by atoms with Crippen molar-refractivity contribution in [2.75, 3.05) is 12.8 Å². The Labute approximate surface area is 127 Å². The van der Waals surface area contributed by atoms with Crippen molar-refractivity contribution in [3.05, 3.63) is 19.2 Å². The third-order valence-corrected chi connectivity index (χ3v) is 7.95. The zero-order valence-corrected chi connectivity index (χ0v) is 14.9. The number of thiophene rings is 1. The predicted octanol–water partition coefficient (Wildman–Crippen LogP) is 2.83. The highest BCUT2D eigenvalue weighted by Gasteiger charge is 2.30. The maximum atomic E-state index is 11.8. The first-order valence-corrected chi connectivity index (χ1v) is 9.26. The van der Waals surface area contributed by atoms with Crippen molar-refractivity contribution in [1.82, 2.24) is 5.32 Å². The van der Waals surface area contributed by atoms with E-state index in [1.807, 2.05) is 0 Å². The van der Waals surface area contributed by atoms with Crippen LogP contribution >= 0.6 is 43.2 Å². The number of amides is 1. The molecule has 1 heterocycles. The molecule has 0 radical (unpaired) electrons. The summed E-state index contributed by atoms with van der Waals surface area (Å²) in [4.78, 5) is 12.4. The largest absolute Gasteiger partial charge is 0.350 e. The van der Waals surface area contributed by atoms with Crippen LogP contribution < -0.4 is 5.32 Å². The van der Waals surface area contributed by atoms with Gasteiger partial charge >= 0.3 is 0 Å². The third-order valence-electron chi connectivity index (χ3n) is 2.55. The van der Waals surface area contributed by atoms with Gasteiger partial charge in [-0.15, -0.1) is 11.3 Å². The van der Waals surface area contributed by atoms with E-state index in [1.165, 1.54) is 11.3 Å². The molecule has 18 heavy (non-hydrogen) atoms. The van der Waals surface area contributed by atoms with Gasteiger partial charge in [-0.05, 0) is 51.8 Å². The van der Waals surface area contributed by atoms with Crippen LogP contribution in [0.3, 0.4) is 0 Å². The van der Waals surface area contributed by atoms with Gasteiger partial charge in [-0.1, -0.05) is 0 Å². The Balaban J connectivity index is 2.73. The summed E-state index contributed by atoms with van der Waals surface area (Å²) in [6.45, 7) is 3.25. The van der Waals surface area contributed by atoms with Crippen LogP contribution in [0.4, 0.5) is 0 Å². The zero-order valence-electron chi connectivity index (χ0n) is 10.1. The summed E-state index contributed by atoms with van der Waals surface area (Å²) in [6.07, 6.45) is 1.16. The van der Waals surface area contributed by atoms with E-state index in [1.54, 1.807) is 19.9 Å². The number of rotatable bonds is 4. The fourth-order valence-corrected chi connectivity index (χ4v) is 3.26. The molecular weight excluding hydrogens is 406 g/mol. The Morgan fingerprint density at radius 3 is 2.39 bits per heavy atom. The average molecular weight is 419 g/mol. The Bertz CT molecular complexity index is 544. The Hall–Kier alpha value is 0.0800. The monoisotopic (exact) mass is 417 g/mol. The lowest BCUT2D eigenvalue weighted by Gasteiger charge is -2.22. The van der Waals surface area contributed by atoms with E-state index in [0.717, 1.165) is 14.5 Å². The molecule has 1 amide bonds. The summed E-state index contributed by atoms with van der Waals surface area (Å²) >= 11 is 7.89. The summed E-state index contributed by atoms with van der Waals surface area (Å²) in [6, 6.07) is 1.69. The van der Waals surface area contributed by atoms with Crippen LogP contribution in [0.2, 0.25) is 0 Å². The number of carbonyl (C=O) groups is 1. The highest BCUT2D eigenvalue weighted by atomic mass is 79.9. The minimum atomic E-state index is -3.21. The molecule has 1 rings (SSSR count). The number of carbonyl (C=O) groups excluding carboxylic acids is 1. The first-order chi connectivity index (χ1) is 8.04. The van der Waals surface area contributed by atoms with Crippen molar-refractivity contribution >= 4 is 58.9 Å². The minimum Gasteiger partial charge on any atom is -0.350 e. The van der Waals surface area contributed by atoms with Gasteiger partial charge in [0, 0.05) is 17.3 Å². The molecule has 0 aliphatic carbocycles. The topological polar surface area (TPSA) is 63.2 Å². The molecule has 8 heteroatoms. The molecule has 0 saturated heterocycles. The molecule has 0 aliphatic heterocycles. The lowest BCUT2D eigenvalue weighted by molar-refractivity contribution is 0.0954. The first-order valence-electron chi connectivity index (χ1n) is 4.97. The normalized spacial score (nSPS) is 12.5. The molecule has 1 aromatic heterocycles. The number of halogens is 2. The SMILES string of the molecule is CC(C)(CNC(=O)c1cc(Br)c(Br)s1)S(C)(=O)=O. The fraction of sp³-hybridized carbons (Fsp3) is 0.500. The van der Waals surface area contributed by atoms with Gasteiger partial charge in [-0.2, -0.15) is 0 Å². The van der Waals surface area contributed by atoms with Crippen molar-refractivity contribution in [1.29, 1.82) is 0 Å². The highest BCUT2D eigenvalue weighted by Crippen LogP contribution is 2.32. The van der Waals surface area contributed by atoms with Gasteiger partial charge in [-0.25, -0.2) is 8.42 Å². The molecule has 102 valence electrons. The standard InChI is InChI=1S/C10H13Br2NO3S2/c1-10(2,18(3,15)16)5-13-9(14)7-4-6(11)8(12)17-7/h4H,5H2,1-3H3,(H,13,14). The summed E-state index contributed by atoms with van der Waals surface area (Å²) in [5.74, 6) is -0.275. The van der Waals surface area contributed by atoms with Crippen LogP contribution in [-0.2, 0) is 9.84 Å². The summed E-state index contributed by atoms with van der Waals surface area (Å²) < 4.78 is 23.6. The van der Waals surface area contributed by atoms with Crippen LogP contribution in [0.15, 0.2) is 14.3 Å². The van der Waals surface area contributed by atoms with Crippen LogP contribution in [-0.4, -0.2) is 31.9 Å². The van der Waals surface area contributed by atoms with Crippen molar-refractivity contribution in [3.8, 4) is 0 Å². The van der Waals surface area contributed by atoms with E-state index in [-0.39, 0.29) is 12.5 Å². The lowest BCUT2D eigenvalue weighted by atomic mass is 10.2. The molecule has 1 N–H and O–H groups in total. The summed E-state index contributed by atoms with van der Waals surface area (Å²) in [7, 11) is -3.21. The number of hydrogen-bond donors (Lipinski definition) is 1. The first kappa shape index (κ1) is 16.1. The van der Waals surface area contributed by atoms with E-state index < -0.39 is 14.6 Å². The summed E-state index contributed by atoms with van der Waals surface area (Å²) in [5, 5.41) is 2.64. The van der Waals surface area contributed by atoms with E-state index >= 15 is 0 Å². The second-order valence-electron chi connectivity index (χ2n) is 4.45. The van der Waals surface area contributed by atoms with Gasteiger partial charge < -0.3 is 5.32 Å². The van der Waals surface area contributed by atoms with Gasteiger partial charge in [0.15, 0.2) is 9.84 Å². The second kappa shape index (κ2) is 5.60. The fourth-order valence-electron chi connectivity index (χ4n) is 0.970. The second-order valence-corrected chi connectivity index (χ2v) is 10.3. The average Bonchev–Trinajstić information content (AvgIpc) is 2.54. The van der Waals surface area contributed by atoms with Crippen molar-refractivity contribution in [3.63, 3.8) is 0 Å². The molecule has 0 aromatic carbocycles. The molecule has 0 saturated carbocycles. The van der Waals surface area contributed by atoms with Gasteiger partial charge in [0.05, 0.1) is 13.4 Å². The van der Waals surface area contributed by atoms with E-state index in [2.05, 4.69) is 37.2 Å². The van der Waals surface area contributed by atoms with Crippen LogP contribution in [0, 0.1) is 0 Å². The summed E-state index contributed by atoms with van der Waals surface area (Å²) in [5.41, 5.74) is 0. The molecule has 0 aliphatic rings. The predicted molar refractivity (Wildman–Crippen MR) is 81.0 cm³/mol. The van der Waals surface area contributed by atoms with Crippen molar-refractivity contribution < 1.29 is 13.2 Å². The minimum absolute atomic E-state index is 0.0812. The quantitative estimate of drug-likeness (QED) is 0.817. The maximum absolute atomic E-state index is 11.8. The molecule has 0 unspecified atom stereocenters. The smallest absolute Gasteiger partial charge is 0.261 e. The Kier molecular flexibility index (Phi) is 5.02. The van der Waals surface area contributed by atoms with E-state index in [0.29, 0.717) is 4.88 Å².